The van der Waals surface area contributed by atoms with Crippen LogP contribution in [0, 0.1) is 0 Å². The first-order valence-corrected chi connectivity index (χ1v) is 4.79. The van der Waals surface area contributed by atoms with E-state index < -0.39 is 0 Å². The minimum absolute atomic E-state index is 0.231. The third-order valence-corrected chi connectivity index (χ3v) is 2.30. The Labute approximate surface area is 88.9 Å². The van der Waals surface area contributed by atoms with Crippen molar-refractivity contribution in [3.63, 3.8) is 0 Å². The maximum Gasteiger partial charge on any atom is 0.146 e. The van der Waals surface area contributed by atoms with E-state index in [1.807, 2.05) is 35.4 Å². The second-order valence-corrected chi connectivity index (χ2v) is 3.25. The van der Waals surface area contributed by atoms with E-state index in [2.05, 4.69) is 0 Å². The lowest BCUT2D eigenvalue weighted by Crippen LogP contribution is -2.18. The van der Waals surface area contributed by atoms with Crippen LogP contribution in [-0.2, 0) is 0 Å². The molecule has 0 saturated carbocycles. The third-order valence-electron chi connectivity index (χ3n) is 2.30. The zero-order valence-corrected chi connectivity index (χ0v) is 8.55. The predicted octanol–water partition coefficient (Wildman–Crippen LogP) is 2.29. The third kappa shape index (κ3) is 1.81. The Bertz CT molecular complexity index is 410. The van der Waals surface area contributed by atoms with E-state index in [0.29, 0.717) is 11.4 Å². The monoisotopic (exact) mass is 203 g/mol. The highest BCUT2D eigenvalue weighted by Gasteiger charge is 2.14. The van der Waals surface area contributed by atoms with Crippen LogP contribution in [0.1, 0.15) is 0 Å². The van der Waals surface area contributed by atoms with Crippen molar-refractivity contribution in [1.29, 1.82) is 0 Å². The van der Waals surface area contributed by atoms with Gasteiger partial charge in [-0.15, -0.1) is 0 Å². The van der Waals surface area contributed by atoms with Gasteiger partial charge in [0.25, 0.3) is 0 Å². The summed E-state index contributed by atoms with van der Waals surface area (Å²) in [6.07, 6.45) is 7.84. The standard InChI is InChI=1S/C12H13NO2/c1-15-11-7-5-6-10(14)12(11)13-8-3-2-4-9-13/h2-8,14H,9H2,1H3. The SMILES string of the molecule is COc1cccc(O)c1N1C=CC=CC1. The molecule has 1 aromatic carbocycles. The molecule has 0 fully saturated rings. The fourth-order valence-corrected chi connectivity index (χ4v) is 1.60. The molecule has 1 heterocycles. The molecule has 0 unspecified atom stereocenters. The van der Waals surface area contributed by atoms with Gasteiger partial charge in [-0.2, -0.15) is 0 Å². The van der Waals surface area contributed by atoms with Gasteiger partial charge in [0.2, 0.25) is 0 Å². The molecule has 15 heavy (non-hydrogen) atoms. The van der Waals surface area contributed by atoms with Crippen molar-refractivity contribution in [3.05, 3.63) is 42.6 Å². The summed E-state index contributed by atoms with van der Waals surface area (Å²) in [5.74, 6) is 0.907. The average molecular weight is 203 g/mol. The molecule has 0 aromatic heterocycles. The summed E-state index contributed by atoms with van der Waals surface area (Å²) in [6, 6.07) is 5.26. The Hall–Kier alpha value is -1.90. The smallest absolute Gasteiger partial charge is 0.146 e. The van der Waals surface area contributed by atoms with Gasteiger partial charge in [-0.3, -0.25) is 0 Å². The van der Waals surface area contributed by atoms with Gasteiger partial charge < -0.3 is 14.7 Å². The Morgan fingerprint density at radius 1 is 1.33 bits per heavy atom. The molecule has 1 aromatic rings. The lowest BCUT2D eigenvalue weighted by Gasteiger charge is -2.23. The van der Waals surface area contributed by atoms with Crippen LogP contribution in [0.2, 0.25) is 0 Å². The zero-order valence-electron chi connectivity index (χ0n) is 8.55. The number of benzene rings is 1. The molecular formula is C12H13NO2. The van der Waals surface area contributed by atoms with E-state index in [4.69, 9.17) is 4.74 Å². The first-order valence-electron chi connectivity index (χ1n) is 4.79. The molecule has 1 N–H and O–H groups in total. The normalized spacial score (nSPS) is 14.3. The quantitative estimate of drug-likeness (QED) is 0.800. The van der Waals surface area contributed by atoms with Crippen LogP contribution >= 0.6 is 0 Å². The van der Waals surface area contributed by atoms with E-state index >= 15 is 0 Å². The molecule has 2 rings (SSSR count). The molecule has 3 heteroatoms. The first kappa shape index (κ1) is 9.65. The Balaban J connectivity index is 2.41. The number of phenolic OH excluding ortho intramolecular Hbond substituents is 1. The highest BCUT2D eigenvalue weighted by atomic mass is 16.5. The average Bonchev–Trinajstić information content (AvgIpc) is 2.29. The highest BCUT2D eigenvalue weighted by Crippen LogP contribution is 2.37. The van der Waals surface area contributed by atoms with Gasteiger partial charge in [-0.1, -0.05) is 18.2 Å². The van der Waals surface area contributed by atoms with Crippen LogP contribution in [-0.4, -0.2) is 18.8 Å². The lowest BCUT2D eigenvalue weighted by atomic mass is 10.2. The number of allylic oxidation sites excluding steroid dienone is 2. The number of phenols is 1. The zero-order chi connectivity index (χ0) is 10.7. The van der Waals surface area contributed by atoms with Crippen molar-refractivity contribution in [2.45, 2.75) is 0 Å². The summed E-state index contributed by atoms with van der Waals surface area (Å²) in [5, 5.41) is 9.80. The van der Waals surface area contributed by atoms with Gasteiger partial charge >= 0.3 is 0 Å². The molecule has 3 nitrogen and oxygen atoms in total. The molecule has 0 atom stereocenters. The first-order chi connectivity index (χ1) is 7.33. The Morgan fingerprint density at radius 2 is 2.20 bits per heavy atom. The molecule has 78 valence electrons. The second-order valence-electron chi connectivity index (χ2n) is 3.25. The van der Waals surface area contributed by atoms with Gasteiger partial charge in [-0.25, -0.2) is 0 Å². The Kier molecular flexibility index (Phi) is 2.63. The number of methoxy groups -OCH3 is 1. The van der Waals surface area contributed by atoms with Crippen LogP contribution < -0.4 is 9.64 Å². The number of hydrogen-bond acceptors (Lipinski definition) is 3. The van der Waals surface area contributed by atoms with E-state index in [9.17, 15) is 5.11 Å². The highest BCUT2D eigenvalue weighted by molar-refractivity contribution is 5.69. The van der Waals surface area contributed by atoms with Crippen molar-refractivity contribution in [2.75, 3.05) is 18.6 Å². The number of nitrogens with zero attached hydrogens (tertiary/aromatic N) is 1. The van der Waals surface area contributed by atoms with Crippen LogP contribution in [0.5, 0.6) is 11.5 Å². The van der Waals surface area contributed by atoms with Crippen molar-refractivity contribution >= 4 is 5.69 Å². The predicted molar refractivity (Wildman–Crippen MR) is 60.3 cm³/mol. The molecule has 0 saturated heterocycles. The molecule has 1 aliphatic rings. The van der Waals surface area contributed by atoms with Gasteiger partial charge in [0, 0.05) is 12.7 Å². The van der Waals surface area contributed by atoms with Crippen molar-refractivity contribution < 1.29 is 9.84 Å². The summed E-state index contributed by atoms with van der Waals surface area (Å²) in [6.45, 7) is 0.741. The molecule has 0 amide bonds. The summed E-state index contributed by atoms with van der Waals surface area (Å²) in [4.78, 5) is 1.94. The van der Waals surface area contributed by atoms with Gasteiger partial charge in [0.1, 0.15) is 17.2 Å². The number of aromatic hydroxyl groups is 1. The molecule has 0 bridgehead atoms. The number of rotatable bonds is 2. The van der Waals surface area contributed by atoms with Gasteiger partial charge in [0.15, 0.2) is 0 Å². The van der Waals surface area contributed by atoms with Crippen molar-refractivity contribution in [3.8, 4) is 11.5 Å². The van der Waals surface area contributed by atoms with Gasteiger partial charge in [0.05, 0.1) is 7.11 Å². The lowest BCUT2D eigenvalue weighted by molar-refractivity contribution is 0.408. The topological polar surface area (TPSA) is 32.7 Å². The van der Waals surface area contributed by atoms with E-state index in [0.717, 1.165) is 6.54 Å². The van der Waals surface area contributed by atoms with Crippen LogP contribution in [0.4, 0.5) is 5.69 Å². The molecule has 0 aliphatic carbocycles. The van der Waals surface area contributed by atoms with Gasteiger partial charge in [-0.05, 0) is 18.2 Å². The minimum Gasteiger partial charge on any atom is -0.506 e. The number of anilines is 1. The van der Waals surface area contributed by atoms with Crippen LogP contribution in [0.25, 0.3) is 0 Å². The summed E-state index contributed by atoms with van der Waals surface area (Å²) in [5.41, 5.74) is 0.709. The second kappa shape index (κ2) is 4.09. The maximum atomic E-state index is 9.80. The van der Waals surface area contributed by atoms with E-state index in [1.165, 1.54) is 0 Å². The molecule has 0 radical (unpaired) electrons. The minimum atomic E-state index is 0.231. The van der Waals surface area contributed by atoms with E-state index in [-0.39, 0.29) is 5.75 Å². The van der Waals surface area contributed by atoms with E-state index in [1.54, 1.807) is 19.2 Å². The molecule has 0 spiro atoms. The largest absolute Gasteiger partial charge is 0.506 e. The van der Waals surface area contributed by atoms with Crippen molar-refractivity contribution in [1.82, 2.24) is 0 Å². The number of para-hydroxylation sites is 1. The summed E-state index contributed by atoms with van der Waals surface area (Å²) >= 11 is 0. The number of ether oxygens (including phenoxy) is 1. The van der Waals surface area contributed by atoms with Crippen molar-refractivity contribution in [2.24, 2.45) is 0 Å². The Morgan fingerprint density at radius 3 is 2.87 bits per heavy atom. The summed E-state index contributed by atoms with van der Waals surface area (Å²) < 4.78 is 5.22. The molecular weight excluding hydrogens is 190 g/mol. The van der Waals surface area contributed by atoms with Crippen LogP contribution in [0.15, 0.2) is 42.6 Å². The number of hydrogen-bond donors (Lipinski definition) is 1. The maximum absolute atomic E-state index is 9.80. The molecule has 1 aliphatic heterocycles. The van der Waals surface area contributed by atoms with Crippen LogP contribution in [0.3, 0.4) is 0 Å². The fraction of sp³-hybridized carbons (Fsp3) is 0.167. The summed E-state index contributed by atoms with van der Waals surface area (Å²) in [7, 11) is 1.60. The fourth-order valence-electron chi connectivity index (χ4n) is 1.60.